The third kappa shape index (κ3) is 3.40. The SMILES string of the molecule is CC1(C)CN(C(=O)c2cc(N3CCNC3=O)ccc2F)Cc2ccccc2O1. The molecule has 1 N–H and O–H groups in total. The molecule has 0 bridgehead atoms. The molecule has 2 aliphatic rings. The van der Waals surface area contributed by atoms with E-state index >= 15 is 0 Å². The van der Waals surface area contributed by atoms with Crippen LogP contribution >= 0.6 is 0 Å². The molecule has 0 aliphatic carbocycles. The molecule has 1 fully saturated rings. The normalized spacial score (nSPS) is 18.2. The van der Waals surface area contributed by atoms with Crippen LogP contribution in [0.2, 0.25) is 0 Å². The fourth-order valence-electron chi connectivity index (χ4n) is 3.66. The number of ether oxygens (including phenoxy) is 1. The van der Waals surface area contributed by atoms with Crippen molar-refractivity contribution in [3.05, 3.63) is 59.4 Å². The van der Waals surface area contributed by atoms with Gasteiger partial charge in [0.2, 0.25) is 0 Å². The van der Waals surface area contributed by atoms with Gasteiger partial charge in [-0.25, -0.2) is 9.18 Å². The summed E-state index contributed by atoms with van der Waals surface area (Å²) in [5.41, 5.74) is 0.709. The molecule has 0 spiro atoms. The number of fused-ring (bicyclic) bond motifs is 1. The summed E-state index contributed by atoms with van der Waals surface area (Å²) in [5, 5.41) is 2.71. The zero-order valence-corrected chi connectivity index (χ0v) is 15.9. The Balaban J connectivity index is 1.68. The lowest BCUT2D eigenvalue weighted by atomic mass is 10.1. The number of hydrogen-bond donors (Lipinski definition) is 1. The van der Waals surface area contributed by atoms with Crippen LogP contribution in [0, 0.1) is 5.82 Å². The number of nitrogens with one attached hydrogen (secondary N) is 1. The van der Waals surface area contributed by atoms with E-state index in [1.165, 1.54) is 23.1 Å². The summed E-state index contributed by atoms with van der Waals surface area (Å²) in [5.74, 6) is -0.303. The minimum absolute atomic E-state index is 0.0487. The number of para-hydroxylation sites is 1. The molecule has 2 aromatic rings. The van der Waals surface area contributed by atoms with Crippen molar-refractivity contribution in [1.82, 2.24) is 10.2 Å². The van der Waals surface area contributed by atoms with Gasteiger partial charge in [0.1, 0.15) is 17.2 Å². The van der Waals surface area contributed by atoms with E-state index in [2.05, 4.69) is 5.32 Å². The molecule has 6 nitrogen and oxygen atoms in total. The maximum atomic E-state index is 14.6. The van der Waals surface area contributed by atoms with E-state index in [9.17, 15) is 14.0 Å². The largest absolute Gasteiger partial charge is 0.486 e. The molecule has 0 atom stereocenters. The molecule has 3 amide bonds. The monoisotopic (exact) mass is 383 g/mol. The van der Waals surface area contributed by atoms with Gasteiger partial charge in [0.25, 0.3) is 5.91 Å². The van der Waals surface area contributed by atoms with Crippen molar-refractivity contribution < 1.29 is 18.7 Å². The fraction of sp³-hybridized carbons (Fsp3) is 0.333. The molecular weight excluding hydrogens is 361 g/mol. The van der Waals surface area contributed by atoms with Crippen molar-refractivity contribution in [2.45, 2.75) is 26.0 Å². The van der Waals surface area contributed by atoms with E-state index in [0.29, 0.717) is 31.9 Å². The molecule has 28 heavy (non-hydrogen) atoms. The molecule has 2 aromatic carbocycles. The summed E-state index contributed by atoms with van der Waals surface area (Å²) < 4.78 is 20.6. The predicted molar refractivity (Wildman–Crippen MR) is 103 cm³/mol. The number of anilines is 1. The number of nitrogens with zero attached hydrogens (tertiary/aromatic N) is 2. The van der Waals surface area contributed by atoms with E-state index in [1.807, 2.05) is 38.1 Å². The van der Waals surface area contributed by atoms with Gasteiger partial charge in [0.15, 0.2) is 0 Å². The first-order chi connectivity index (χ1) is 13.3. The van der Waals surface area contributed by atoms with Gasteiger partial charge in [-0.2, -0.15) is 0 Å². The van der Waals surface area contributed by atoms with E-state index in [1.54, 1.807) is 4.90 Å². The van der Waals surface area contributed by atoms with Crippen LogP contribution in [0.25, 0.3) is 0 Å². The van der Waals surface area contributed by atoms with Crippen molar-refractivity contribution in [2.24, 2.45) is 0 Å². The Labute approximate surface area is 162 Å². The Hall–Kier alpha value is -3.09. The Morgan fingerprint density at radius 1 is 1.21 bits per heavy atom. The first-order valence-electron chi connectivity index (χ1n) is 9.25. The molecule has 0 saturated carbocycles. The highest BCUT2D eigenvalue weighted by atomic mass is 19.1. The average molecular weight is 383 g/mol. The van der Waals surface area contributed by atoms with Crippen LogP contribution in [0.3, 0.4) is 0 Å². The summed E-state index contributed by atoms with van der Waals surface area (Å²) in [6.07, 6.45) is 0. The molecule has 2 heterocycles. The smallest absolute Gasteiger partial charge is 0.321 e. The maximum Gasteiger partial charge on any atom is 0.321 e. The maximum absolute atomic E-state index is 14.6. The number of halogens is 1. The van der Waals surface area contributed by atoms with Gasteiger partial charge in [-0.1, -0.05) is 18.2 Å². The number of benzene rings is 2. The molecule has 2 aliphatic heterocycles. The summed E-state index contributed by atoms with van der Waals surface area (Å²) in [4.78, 5) is 28.2. The lowest BCUT2D eigenvalue weighted by Crippen LogP contribution is -2.43. The quantitative estimate of drug-likeness (QED) is 0.867. The lowest BCUT2D eigenvalue weighted by Gasteiger charge is -2.29. The van der Waals surface area contributed by atoms with Crippen molar-refractivity contribution >= 4 is 17.6 Å². The van der Waals surface area contributed by atoms with Crippen LogP contribution < -0.4 is 15.0 Å². The highest BCUT2D eigenvalue weighted by Gasteiger charge is 2.33. The van der Waals surface area contributed by atoms with Crippen LogP contribution in [0.4, 0.5) is 14.9 Å². The topological polar surface area (TPSA) is 61.9 Å². The first-order valence-corrected chi connectivity index (χ1v) is 9.25. The molecular formula is C21H22FN3O3. The number of carbonyl (C=O) groups is 2. The van der Waals surface area contributed by atoms with Gasteiger partial charge in [-0.05, 0) is 38.1 Å². The second-order valence-corrected chi connectivity index (χ2v) is 7.68. The average Bonchev–Trinajstić information content (AvgIpc) is 3.01. The second-order valence-electron chi connectivity index (χ2n) is 7.68. The van der Waals surface area contributed by atoms with Gasteiger partial charge in [0, 0.05) is 30.9 Å². The van der Waals surface area contributed by atoms with Crippen molar-refractivity contribution in [1.29, 1.82) is 0 Å². The summed E-state index contributed by atoms with van der Waals surface area (Å²) >= 11 is 0. The highest BCUT2D eigenvalue weighted by molar-refractivity contribution is 5.98. The number of carbonyl (C=O) groups excluding carboxylic acids is 2. The number of rotatable bonds is 2. The summed E-state index contributed by atoms with van der Waals surface area (Å²) in [6.45, 7) is 5.44. The van der Waals surface area contributed by atoms with Crippen molar-refractivity contribution in [3.63, 3.8) is 0 Å². The second kappa shape index (κ2) is 6.82. The molecule has 1 saturated heterocycles. The zero-order valence-electron chi connectivity index (χ0n) is 15.9. The lowest BCUT2D eigenvalue weighted by molar-refractivity contribution is 0.0497. The highest BCUT2D eigenvalue weighted by Crippen LogP contribution is 2.31. The summed E-state index contributed by atoms with van der Waals surface area (Å²) in [7, 11) is 0. The van der Waals surface area contributed by atoms with Gasteiger partial charge in [-0.15, -0.1) is 0 Å². The van der Waals surface area contributed by atoms with Gasteiger partial charge in [-0.3, -0.25) is 9.69 Å². The summed E-state index contributed by atoms with van der Waals surface area (Å²) in [6, 6.07) is 11.5. The van der Waals surface area contributed by atoms with Crippen molar-refractivity contribution in [2.75, 3.05) is 24.5 Å². The van der Waals surface area contributed by atoms with Crippen LogP contribution in [-0.2, 0) is 6.54 Å². The predicted octanol–water partition coefficient (Wildman–Crippen LogP) is 3.17. The first kappa shape index (κ1) is 18.3. The standard InChI is InChI=1S/C21H22FN3O3/c1-21(2)13-24(12-14-5-3-4-6-18(14)28-21)19(26)16-11-15(7-8-17(16)22)25-10-9-23-20(25)27/h3-8,11H,9-10,12-13H2,1-2H3,(H,23,27). The number of amides is 3. The van der Waals surface area contributed by atoms with Gasteiger partial charge < -0.3 is 15.0 Å². The van der Waals surface area contributed by atoms with E-state index in [4.69, 9.17) is 4.74 Å². The zero-order chi connectivity index (χ0) is 19.9. The van der Waals surface area contributed by atoms with Crippen LogP contribution in [0.15, 0.2) is 42.5 Å². The van der Waals surface area contributed by atoms with Crippen LogP contribution in [0.5, 0.6) is 5.75 Å². The number of hydrogen-bond acceptors (Lipinski definition) is 3. The third-order valence-electron chi connectivity index (χ3n) is 4.93. The molecule has 0 aromatic heterocycles. The molecule has 146 valence electrons. The Morgan fingerprint density at radius 3 is 2.75 bits per heavy atom. The fourth-order valence-corrected chi connectivity index (χ4v) is 3.66. The molecule has 7 heteroatoms. The van der Waals surface area contributed by atoms with Crippen LogP contribution in [0.1, 0.15) is 29.8 Å². The van der Waals surface area contributed by atoms with Crippen molar-refractivity contribution in [3.8, 4) is 5.75 Å². The Bertz CT molecular complexity index is 944. The van der Waals surface area contributed by atoms with Crippen LogP contribution in [-0.4, -0.2) is 42.1 Å². The third-order valence-corrected chi connectivity index (χ3v) is 4.93. The number of urea groups is 1. The van der Waals surface area contributed by atoms with E-state index < -0.39 is 17.3 Å². The molecule has 4 rings (SSSR count). The minimum atomic E-state index is -0.620. The Kier molecular flexibility index (Phi) is 4.45. The minimum Gasteiger partial charge on any atom is -0.486 e. The Morgan fingerprint density at radius 2 is 2.00 bits per heavy atom. The van der Waals surface area contributed by atoms with Gasteiger partial charge in [0.05, 0.1) is 12.1 Å². The van der Waals surface area contributed by atoms with E-state index in [0.717, 1.165) is 11.3 Å². The molecule has 0 unspecified atom stereocenters. The van der Waals surface area contributed by atoms with E-state index in [-0.39, 0.29) is 11.6 Å². The molecule has 0 radical (unpaired) electrons. The van der Waals surface area contributed by atoms with Gasteiger partial charge >= 0.3 is 6.03 Å².